The maximum atomic E-state index is 12.5. The van der Waals surface area contributed by atoms with E-state index in [2.05, 4.69) is 17.2 Å². The van der Waals surface area contributed by atoms with Crippen LogP contribution in [0.25, 0.3) is 5.57 Å². The first kappa shape index (κ1) is 20.2. The van der Waals surface area contributed by atoms with Gasteiger partial charge in [-0.2, -0.15) is 0 Å². The topological polar surface area (TPSA) is 67.4 Å². The highest BCUT2D eigenvalue weighted by atomic mass is 16.5. The summed E-state index contributed by atoms with van der Waals surface area (Å²) in [6.07, 6.45) is 0. The lowest BCUT2D eigenvalue weighted by Crippen LogP contribution is -2.43. The molecule has 2 rings (SSSR count). The van der Waals surface area contributed by atoms with E-state index in [0.29, 0.717) is 17.9 Å². The Labute approximate surface area is 160 Å². The first-order chi connectivity index (χ1) is 12.7. The maximum Gasteiger partial charge on any atom is 0.338 e. The number of anilines is 1. The lowest BCUT2D eigenvalue weighted by atomic mass is 9.92. The van der Waals surface area contributed by atoms with Gasteiger partial charge in [0.15, 0.2) is 0 Å². The number of allylic oxidation sites excluding steroid dienone is 1. The Bertz CT molecular complexity index is 856. The van der Waals surface area contributed by atoms with Gasteiger partial charge in [0.2, 0.25) is 0 Å². The Hall–Kier alpha value is -3.08. The third kappa shape index (κ3) is 5.45. The summed E-state index contributed by atoms with van der Waals surface area (Å²) in [5.74, 6) is -0.418. The average molecular weight is 366 g/mol. The van der Waals surface area contributed by atoms with Crippen molar-refractivity contribution in [2.24, 2.45) is 0 Å². The fraction of sp³-hybridized carbons (Fsp3) is 0.273. The summed E-state index contributed by atoms with van der Waals surface area (Å²) >= 11 is 0. The van der Waals surface area contributed by atoms with Crippen molar-refractivity contribution in [1.82, 2.24) is 5.32 Å². The second-order valence-electron chi connectivity index (χ2n) is 6.87. The van der Waals surface area contributed by atoms with Crippen molar-refractivity contribution in [2.75, 3.05) is 11.9 Å². The summed E-state index contributed by atoms with van der Waals surface area (Å²) in [7, 11) is 0. The van der Waals surface area contributed by atoms with E-state index in [1.807, 2.05) is 45.0 Å². The fourth-order valence-electron chi connectivity index (χ4n) is 2.63. The quantitative estimate of drug-likeness (QED) is 0.711. The van der Waals surface area contributed by atoms with E-state index in [1.165, 1.54) is 0 Å². The zero-order valence-electron chi connectivity index (χ0n) is 16.3. The molecule has 0 aliphatic carbocycles. The number of rotatable bonds is 6. The highest BCUT2D eigenvalue weighted by Gasteiger charge is 2.23. The molecule has 2 N–H and O–H groups in total. The van der Waals surface area contributed by atoms with Gasteiger partial charge < -0.3 is 15.4 Å². The summed E-state index contributed by atoms with van der Waals surface area (Å²) in [6.45, 7) is 11.8. The number of hydrogen-bond acceptors (Lipinski definition) is 3. The van der Waals surface area contributed by atoms with Crippen LogP contribution in [0, 0.1) is 0 Å². The van der Waals surface area contributed by atoms with Crippen molar-refractivity contribution in [1.29, 1.82) is 0 Å². The summed E-state index contributed by atoms with van der Waals surface area (Å²) in [4.78, 5) is 24.3. The minimum Gasteiger partial charge on any atom is -0.462 e. The number of ether oxygens (including phenoxy) is 1. The number of esters is 1. The number of nitrogens with one attached hydrogen (secondary N) is 2. The molecule has 0 atom stereocenters. The number of amides is 2. The number of carbonyl (C=O) groups is 2. The standard InChI is InChI=1S/C22H26N2O3/c1-6-27-20(25)17-10-8-12-19(14-17)23-21(26)24-22(4,5)18-11-7-9-16(13-18)15(2)3/h7-14H,2,6H2,1,3-5H3,(H2,23,24,26). The average Bonchev–Trinajstić information content (AvgIpc) is 2.61. The van der Waals surface area contributed by atoms with Crippen LogP contribution in [-0.4, -0.2) is 18.6 Å². The Balaban J connectivity index is 2.10. The molecule has 5 nitrogen and oxygen atoms in total. The zero-order chi connectivity index (χ0) is 20.0. The maximum absolute atomic E-state index is 12.5. The van der Waals surface area contributed by atoms with Crippen LogP contribution in [0.3, 0.4) is 0 Å². The van der Waals surface area contributed by atoms with Crippen molar-refractivity contribution < 1.29 is 14.3 Å². The van der Waals surface area contributed by atoms with Crippen LogP contribution in [0.4, 0.5) is 10.5 Å². The van der Waals surface area contributed by atoms with Gasteiger partial charge in [0.1, 0.15) is 0 Å². The second kappa shape index (κ2) is 8.54. The van der Waals surface area contributed by atoms with E-state index in [4.69, 9.17) is 4.74 Å². The first-order valence-corrected chi connectivity index (χ1v) is 8.85. The van der Waals surface area contributed by atoms with Crippen LogP contribution in [0.5, 0.6) is 0 Å². The fourth-order valence-corrected chi connectivity index (χ4v) is 2.63. The number of urea groups is 1. The minimum atomic E-state index is -0.589. The third-order valence-electron chi connectivity index (χ3n) is 4.13. The van der Waals surface area contributed by atoms with E-state index in [0.717, 1.165) is 16.7 Å². The normalized spacial score (nSPS) is 10.8. The molecular formula is C22H26N2O3. The highest BCUT2D eigenvalue weighted by molar-refractivity contribution is 5.94. The zero-order valence-corrected chi connectivity index (χ0v) is 16.3. The molecule has 0 heterocycles. The SMILES string of the molecule is C=C(C)c1cccc(C(C)(C)NC(=O)Nc2cccc(C(=O)OCC)c2)c1. The molecule has 2 aromatic rings. The molecule has 0 bridgehead atoms. The van der Waals surface area contributed by atoms with Gasteiger partial charge >= 0.3 is 12.0 Å². The molecule has 2 aromatic carbocycles. The Morgan fingerprint density at radius 3 is 2.41 bits per heavy atom. The summed E-state index contributed by atoms with van der Waals surface area (Å²) in [5.41, 5.74) is 3.29. The van der Waals surface area contributed by atoms with Crippen molar-refractivity contribution in [3.05, 3.63) is 71.8 Å². The largest absolute Gasteiger partial charge is 0.462 e. The first-order valence-electron chi connectivity index (χ1n) is 8.85. The molecule has 5 heteroatoms. The molecule has 0 aromatic heterocycles. The molecule has 142 valence electrons. The third-order valence-corrected chi connectivity index (χ3v) is 4.13. The van der Waals surface area contributed by atoms with Crippen LogP contribution in [0.2, 0.25) is 0 Å². The van der Waals surface area contributed by atoms with Crippen LogP contribution >= 0.6 is 0 Å². The van der Waals surface area contributed by atoms with Crippen LogP contribution < -0.4 is 10.6 Å². The molecule has 0 spiro atoms. The van der Waals surface area contributed by atoms with Crippen molar-refractivity contribution in [3.63, 3.8) is 0 Å². The van der Waals surface area contributed by atoms with E-state index in [9.17, 15) is 9.59 Å². The summed E-state index contributed by atoms with van der Waals surface area (Å²) in [5, 5.41) is 5.73. The van der Waals surface area contributed by atoms with Gasteiger partial charge in [0.25, 0.3) is 0 Å². The highest BCUT2D eigenvalue weighted by Crippen LogP contribution is 2.24. The van der Waals surface area contributed by atoms with Crippen molar-refractivity contribution in [3.8, 4) is 0 Å². The van der Waals surface area contributed by atoms with E-state index in [1.54, 1.807) is 31.2 Å². The van der Waals surface area contributed by atoms with Crippen LogP contribution in [0.1, 0.15) is 49.2 Å². The van der Waals surface area contributed by atoms with Crippen LogP contribution in [0.15, 0.2) is 55.1 Å². The van der Waals surface area contributed by atoms with Gasteiger partial charge in [-0.25, -0.2) is 9.59 Å². The summed E-state index contributed by atoms with van der Waals surface area (Å²) < 4.78 is 4.98. The molecule has 27 heavy (non-hydrogen) atoms. The van der Waals surface area contributed by atoms with Crippen molar-refractivity contribution >= 4 is 23.3 Å². The Kier molecular flexibility index (Phi) is 6.40. The van der Waals surface area contributed by atoms with Gasteiger partial charge in [-0.05, 0) is 63.1 Å². The molecule has 0 aliphatic rings. The van der Waals surface area contributed by atoms with Crippen molar-refractivity contribution in [2.45, 2.75) is 33.2 Å². The molecular weight excluding hydrogens is 340 g/mol. The Morgan fingerprint density at radius 1 is 1.07 bits per heavy atom. The van der Waals surface area contributed by atoms with E-state index < -0.39 is 11.5 Å². The van der Waals surface area contributed by atoms with Gasteiger partial charge in [-0.1, -0.05) is 36.4 Å². The second-order valence-corrected chi connectivity index (χ2v) is 6.87. The molecule has 0 saturated carbocycles. The van der Waals surface area contributed by atoms with Gasteiger partial charge in [0, 0.05) is 5.69 Å². The molecule has 0 radical (unpaired) electrons. The summed E-state index contributed by atoms with van der Waals surface area (Å²) in [6, 6.07) is 14.2. The predicted molar refractivity (Wildman–Crippen MR) is 109 cm³/mol. The molecule has 0 fully saturated rings. The number of benzene rings is 2. The van der Waals surface area contributed by atoms with Gasteiger partial charge in [-0.15, -0.1) is 0 Å². The Morgan fingerprint density at radius 2 is 1.74 bits per heavy atom. The molecule has 0 unspecified atom stereocenters. The number of carbonyl (C=O) groups excluding carboxylic acids is 2. The van der Waals surface area contributed by atoms with Gasteiger partial charge in [0.05, 0.1) is 17.7 Å². The lowest BCUT2D eigenvalue weighted by molar-refractivity contribution is 0.0526. The molecule has 0 saturated heterocycles. The van der Waals surface area contributed by atoms with Crippen LogP contribution in [-0.2, 0) is 10.3 Å². The predicted octanol–water partition coefficient (Wildman–Crippen LogP) is 4.95. The monoisotopic (exact) mass is 366 g/mol. The molecule has 0 aliphatic heterocycles. The minimum absolute atomic E-state index is 0.300. The number of hydrogen-bond donors (Lipinski definition) is 2. The smallest absolute Gasteiger partial charge is 0.338 e. The lowest BCUT2D eigenvalue weighted by Gasteiger charge is -2.27. The van der Waals surface area contributed by atoms with Gasteiger partial charge in [-0.3, -0.25) is 0 Å². The van der Waals surface area contributed by atoms with E-state index >= 15 is 0 Å². The van der Waals surface area contributed by atoms with E-state index in [-0.39, 0.29) is 6.03 Å². The molecule has 2 amide bonds.